The second-order valence-corrected chi connectivity index (χ2v) is 5.21. The van der Waals surface area contributed by atoms with E-state index in [1.54, 1.807) is 12.1 Å². The molecule has 1 N–H and O–H groups in total. The zero-order valence-electron chi connectivity index (χ0n) is 10.3. The standard InChI is InChI=1S/C14H18FNO/c1-10-5-6-12(15)11(9-10)13(17)16-14(2)7-3-4-8-14/h5-6,9H,3-4,7-8H2,1-2H3,(H,16,17). The van der Waals surface area contributed by atoms with Gasteiger partial charge in [0.2, 0.25) is 0 Å². The van der Waals surface area contributed by atoms with Gasteiger partial charge in [-0.2, -0.15) is 0 Å². The Morgan fingerprint density at radius 3 is 2.65 bits per heavy atom. The highest BCUT2D eigenvalue weighted by Crippen LogP contribution is 2.29. The van der Waals surface area contributed by atoms with Gasteiger partial charge in [-0.15, -0.1) is 0 Å². The Labute approximate surface area is 101 Å². The molecule has 17 heavy (non-hydrogen) atoms. The Morgan fingerprint density at radius 1 is 1.35 bits per heavy atom. The van der Waals surface area contributed by atoms with Crippen LogP contribution in [0.15, 0.2) is 18.2 Å². The van der Waals surface area contributed by atoms with Gasteiger partial charge in [-0.05, 0) is 38.8 Å². The minimum Gasteiger partial charge on any atom is -0.347 e. The van der Waals surface area contributed by atoms with Crippen LogP contribution < -0.4 is 5.32 Å². The quantitative estimate of drug-likeness (QED) is 0.838. The zero-order chi connectivity index (χ0) is 12.5. The predicted octanol–water partition coefficient (Wildman–Crippen LogP) is 3.20. The van der Waals surface area contributed by atoms with Crippen molar-refractivity contribution in [3.63, 3.8) is 0 Å². The molecule has 3 heteroatoms. The Kier molecular flexibility index (Phi) is 3.18. The molecule has 0 spiro atoms. The molecule has 1 fully saturated rings. The number of benzene rings is 1. The molecule has 1 saturated carbocycles. The average molecular weight is 235 g/mol. The maximum atomic E-state index is 13.6. The van der Waals surface area contributed by atoms with E-state index in [2.05, 4.69) is 5.32 Å². The van der Waals surface area contributed by atoms with Gasteiger partial charge in [0.1, 0.15) is 5.82 Å². The fourth-order valence-corrected chi connectivity index (χ4v) is 2.43. The molecule has 2 nitrogen and oxygen atoms in total. The van der Waals surface area contributed by atoms with Crippen LogP contribution >= 0.6 is 0 Å². The van der Waals surface area contributed by atoms with Crippen molar-refractivity contribution in [2.75, 3.05) is 0 Å². The summed E-state index contributed by atoms with van der Waals surface area (Å²) in [4.78, 5) is 12.0. The van der Waals surface area contributed by atoms with E-state index in [1.807, 2.05) is 13.8 Å². The molecule has 0 heterocycles. The lowest BCUT2D eigenvalue weighted by Gasteiger charge is -2.25. The molecular weight excluding hydrogens is 217 g/mol. The van der Waals surface area contributed by atoms with E-state index in [4.69, 9.17) is 0 Å². The van der Waals surface area contributed by atoms with Crippen molar-refractivity contribution in [1.29, 1.82) is 0 Å². The van der Waals surface area contributed by atoms with Gasteiger partial charge < -0.3 is 5.32 Å². The third-order valence-corrected chi connectivity index (χ3v) is 3.49. The lowest BCUT2D eigenvalue weighted by Crippen LogP contribution is -2.43. The topological polar surface area (TPSA) is 29.1 Å². The number of rotatable bonds is 2. The van der Waals surface area contributed by atoms with Crippen molar-refractivity contribution in [2.45, 2.75) is 45.1 Å². The maximum absolute atomic E-state index is 13.6. The van der Waals surface area contributed by atoms with E-state index >= 15 is 0 Å². The molecule has 1 amide bonds. The zero-order valence-corrected chi connectivity index (χ0v) is 10.3. The summed E-state index contributed by atoms with van der Waals surface area (Å²) >= 11 is 0. The first kappa shape index (κ1) is 12.1. The van der Waals surface area contributed by atoms with E-state index in [1.165, 1.54) is 6.07 Å². The van der Waals surface area contributed by atoms with Gasteiger partial charge in [-0.25, -0.2) is 4.39 Å². The third kappa shape index (κ3) is 2.65. The number of halogens is 1. The van der Waals surface area contributed by atoms with Crippen LogP contribution in [0.5, 0.6) is 0 Å². The number of nitrogens with one attached hydrogen (secondary N) is 1. The van der Waals surface area contributed by atoms with E-state index in [-0.39, 0.29) is 17.0 Å². The summed E-state index contributed by atoms with van der Waals surface area (Å²) in [5, 5.41) is 2.96. The first-order valence-corrected chi connectivity index (χ1v) is 6.09. The summed E-state index contributed by atoms with van der Waals surface area (Å²) in [5.41, 5.74) is 0.888. The summed E-state index contributed by atoms with van der Waals surface area (Å²) in [5.74, 6) is -0.745. The number of hydrogen-bond acceptors (Lipinski definition) is 1. The van der Waals surface area contributed by atoms with Crippen molar-refractivity contribution in [3.05, 3.63) is 35.1 Å². The van der Waals surface area contributed by atoms with E-state index in [0.29, 0.717) is 0 Å². The Bertz CT molecular complexity index is 436. The first-order valence-electron chi connectivity index (χ1n) is 6.09. The van der Waals surface area contributed by atoms with Crippen LogP contribution in [-0.2, 0) is 0 Å². The number of carbonyl (C=O) groups excluding carboxylic acids is 1. The van der Waals surface area contributed by atoms with Gasteiger partial charge in [-0.3, -0.25) is 4.79 Å². The first-order chi connectivity index (χ1) is 8.00. The van der Waals surface area contributed by atoms with Crippen LogP contribution in [0.2, 0.25) is 0 Å². The normalized spacial score (nSPS) is 18.1. The fraction of sp³-hybridized carbons (Fsp3) is 0.500. The molecule has 1 aromatic rings. The van der Waals surface area contributed by atoms with Crippen LogP contribution in [0.25, 0.3) is 0 Å². The summed E-state index contributed by atoms with van der Waals surface area (Å²) in [6.45, 7) is 3.89. The minimum atomic E-state index is -0.449. The predicted molar refractivity (Wildman–Crippen MR) is 65.5 cm³/mol. The molecule has 1 aliphatic rings. The highest BCUT2D eigenvalue weighted by Gasteiger charge is 2.30. The van der Waals surface area contributed by atoms with Crippen molar-refractivity contribution < 1.29 is 9.18 Å². The van der Waals surface area contributed by atoms with Crippen molar-refractivity contribution in [2.24, 2.45) is 0 Å². The number of hydrogen-bond donors (Lipinski definition) is 1. The number of amides is 1. The minimum absolute atomic E-state index is 0.151. The molecule has 0 radical (unpaired) electrons. The average Bonchev–Trinajstić information content (AvgIpc) is 2.68. The van der Waals surface area contributed by atoms with Crippen LogP contribution in [0.1, 0.15) is 48.5 Å². The molecule has 0 unspecified atom stereocenters. The van der Waals surface area contributed by atoms with E-state index < -0.39 is 5.82 Å². The number of aryl methyl sites for hydroxylation is 1. The molecular formula is C14H18FNO. The number of carbonyl (C=O) groups is 1. The maximum Gasteiger partial charge on any atom is 0.254 e. The molecule has 2 rings (SSSR count). The summed E-state index contributed by atoms with van der Waals surface area (Å²) in [6, 6.07) is 4.62. The highest BCUT2D eigenvalue weighted by molar-refractivity contribution is 5.95. The highest BCUT2D eigenvalue weighted by atomic mass is 19.1. The Hall–Kier alpha value is -1.38. The summed E-state index contributed by atoms with van der Waals surface area (Å²) in [6.07, 6.45) is 4.22. The summed E-state index contributed by atoms with van der Waals surface area (Å²) < 4.78 is 13.6. The van der Waals surface area contributed by atoms with Crippen molar-refractivity contribution >= 4 is 5.91 Å². The Balaban J connectivity index is 2.17. The molecule has 1 aliphatic carbocycles. The van der Waals surface area contributed by atoms with Gasteiger partial charge >= 0.3 is 0 Å². The molecule has 1 aromatic carbocycles. The molecule has 0 aromatic heterocycles. The summed E-state index contributed by atoms with van der Waals surface area (Å²) in [7, 11) is 0. The van der Waals surface area contributed by atoms with Crippen molar-refractivity contribution in [3.8, 4) is 0 Å². The van der Waals surface area contributed by atoms with Crippen LogP contribution in [-0.4, -0.2) is 11.4 Å². The molecule has 0 aliphatic heterocycles. The third-order valence-electron chi connectivity index (χ3n) is 3.49. The van der Waals surface area contributed by atoms with Gasteiger partial charge in [0.25, 0.3) is 5.91 Å². The largest absolute Gasteiger partial charge is 0.347 e. The molecule has 0 bridgehead atoms. The lowest BCUT2D eigenvalue weighted by molar-refractivity contribution is 0.0904. The van der Waals surface area contributed by atoms with Gasteiger partial charge in [0, 0.05) is 5.54 Å². The van der Waals surface area contributed by atoms with Crippen LogP contribution in [0, 0.1) is 12.7 Å². The van der Waals surface area contributed by atoms with Crippen LogP contribution in [0.4, 0.5) is 4.39 Å². The monoisotopic (exact) mass is 235 g/mol. The second-order valence-electron chi connectivity index (χ2n) is 5.21. The lowest BCUT2D eigenvalue weighted by atomic mass is 9.99. The van der Waals surface area contributed by atoms with Gasteiger partial charge in [-0.1, -0.05) is 24.5 Å². The molecule has 92 valence electrons. The smallest absolute Gasteiger partial charge is 0.254 e. The van der Waals surface area contributed by atoms with E-state index in [9.17, 15) is 9.18 Å². The SMILES string of the molecule is Cc1ccc(F)c(C(=O)NC2(C)CCCC2)c1. The fourth-order valence-electron chi connectivity index (χ4n) is 2.43. The Morgan fingerprint density at radius 2 is 2.00 bits per heavy atom. The van der Waals surface area contributed by atoms with Gasteiger partial charge in [0.05, 0.1) is 5.56 Å². The van der Waals surface area contributed by atoms with Crippen LogP contribution in [0.3, 0.4) is 0 Å². The molecule has 0 atom stereocenters. The molecule has 0 saturated heterocycles. The van der Waals surface area contributed by atoms with E-state index in [0.717, 1.165) is 31.2 Å². The van der Waals surface area contributed by atoms with Crippen molar-refractivity contribution in [1.82, 2.24) is 5.32 Å². The van der Waals surface area contributed by atoms with Gasteiger partial charge in [0.15, 0.2) is 0 Å². The second kappa shape index (κ2) is 4.47.